The Balaban J connectivity index is 0.00000242. The number of benzene rings is 1. The van der Waals surface area contributed by atoms with Crippen molar-refractivity contribution < 1.29 is 14.3 Å². The van der Waals surface area contributed by atoms with Crippen molar-refractivity contribution in [3.63, 3.8) is 0 Å². The molecular weight excluding hydrogens is 306 g/mol. The van der Waals surface area contributed by atoms with Gasteiger partial charge in [0.25, 0.3) is 0 Å². The largest absolute Gasteiger partial charge is 0.383 e. The Hall–Kier alpha value is -1.63. The number of ether oxygens (including phenoxy) is 1. The second-order valence-electron chi connectivity index (χ2n) is 4.94. The molecule has 0 bridgehead atoms. The molecule has 0 aromatic heterocycles. The summed E-state index contributed by atoms with van der Waals surface area (Å²) < 4.78 is 4.99. The number of hydrogen-bond donors (Lipinski definition) is 2. The van der Waals surface area contributed by atoms with Crippen molar-refractivity contribution >= 4 is 29.9 Å². The number of para-hydroxylation sites is 1. The van der Waals surface area contributed by atoms with Crippen molar-refractivity contribution in [1.82, 2.24) is 10.2 Å². The van der Waals surface area contributed by atoms with Gasteiger partial charge in [-0.3, -0.25) is 9.59 Å². The molecule has 7 heteroatoms. The third-order valence-corrected chi connectivity index (χ3v) is 3.39. The van der Waals surface area contributed by atoms with Crippen LogP contribution in [-0.2, 0) is 14.3 Å². The van der Waals surface area contributed by atoms with Crippen LogP contribution in [0.4, 0.5) is 5.69 Å². The predicted octanol–water partition coefficient (Wildman–Crippen LogP) is 0.884. The highest BCUT2D eigenvalue weighted by Gasteiger charge is 2.29. The number of halogens is 1. The van der Waals surface area contributed by atoms with Gasteiger partial charge >= 0.3 is 0 Å². The Morgan fingerprint density at radius 3 is 2.82 bits per heavy atom. The first-order valence-corrected chi connectivity index (χ1v) is 7.06. The lowest BCUT2D eigenvalue weighted by Crippen LogP contribution is -2.56. The van der Waals surface area contributed by atoms with Gasteiger partial charge < -0.3 is 20.3 Å². The molecule has 1 atom stereocenters. The van der Waals surface area contributed by atoms with Crippen LogP contribution in [0.1, 0.15) is 6.42 Å². The number of hydrogen-bond acceptors (Lipinski definition) is 4. The first-order chi connectivity index (χ1) is 10.2. The second-order valence-corrected chi connectivity index (χ2v) is 4.94. The van der Waals surface area contributed by atoms with Crippen LogP contribution < -0.4 is 10.6 Å². The summed E-state index contributed by atoms with van der Waals surface area (Å²) in [6, 6.07) is 8.77. The molecule has 1 heterocycles. The minimum atomic E-state index is -0.459. The van der Waals surface area contributed by atoms with Gasteiger partial charge in [-0.15, -0.1) is 12.4 Å². The third-order valence-electron chi connectivity index (χ3n) is 3.39. The zero-order chi connectivity index (χ0) is 15.1. The van der Waals surface area contributed by atoms with Crippen LogP contribution in [0.2, 0.25) is 0 Å². The summed E-state index contributed by atoms with van der Waals surface area (Å²) in [5.74, 6) is -0.206. The highest BCUT2D eigenvalue weighted by Crippen LogP contribution is 2.09. The van der Waals surface area contributed by atoms with Crippen molar-refractivity contribution in [1.29, 1.82) is 0 Å². The van der Waals surface area contributed by atoms with E-state index in [0.29, 0.717) is 26.2 Å². The first kappa shape index (κ1) is 18.4. The molecule has 1 saturated heterocycles. The molecule has 2 rings (SSSR count). The zero-order valence-electron chi connectivity index (χ0n) is 12.6. The van der Waals surface area contributed by atoms with E-state index in [2.05, 4.69) is 10.6 Å². The van der Waals surface area contributed by atoms with Crippen LogP contribution in [-0.4, -0.2) is 56.1 Å². The summed E-state index contributed by atoms with van der Waals surface area (Å²) in [5, 5.41) is 5.89. The summed E-state index contributed by atoms with van der Waals surface area (Å²) in [7, 11) is 1.61. The Bertz CT molecular complexity index is 484. The number of nitrogens with one attached hydrogen (secondary N) is 2. The molecular formula is C15H22ClN3O3. The molecule has 0 saturated carbocycles. The molecule has 122 valence electrons. The Labute approximate surface area is 136 Å². The zero-order valence-corrected chi connectivity index (χ0v) is 13.4. The number of nitrogens with zero attached hydrogens (tertiary/aromatic N) is 1. The van der Waals surface area contributed by atoms with Gasteiger partial charge in [-0.2, -0.15) is 0 Å². The van der Waals surface area contributed by atoms with Gasteiger partial charge in [0.1, 0.15) is 0 Å². The van der Waals surface area contributed by atoms with E-state index in [9.17, 15) is 9.59 Å². The average Bonchev–Trinajstić information content (AvgIpc) is 2.49. The topological polar surface area (TPSA) is 70.7 Å². The van der Waals surface area contributed by atoms with Crippen LogP contribution >= 0.6 is 12.4 Å². The molecule has 22 heavy (non-hydrogen) atoms. The van der Waals surface area contributed by atoms with Gasteiger partial charge in [0, 0.05) is 32.4 Å². The predicted molar refractivity (Wildman–Crippen MR) is 87.2 cm³/mol. The smallest absolute Gasteiger partial charge is 0.240 e. The van der Waals surface area contributed by atoms with Crippen LogP contribution in [0.15, 0.2) is 30.3 Å². The van der Waals surface area contributed by atoms with E-state index in [4.69, 9.17) is 4.74 Å². The van der Waals surface area contributed by atoms with Gasteiger partial charge in [-0.25, -0.2) is 0 Å². The van der Waals surface area contributed by atoms with Crippen molar-refractivity contribution in [2.45, 2.75) is 12.5 Å². The molecule has 1 aromatic carbocycles. The fourth-order valence-corrected chi connectivity index (χ4v) is 2.29. The maximum absolute atomic E-state index is 12.2. The van der Waals surface area contributed by atoms with Crippen molar-refractivity contribution in [3.05, 3.63) is 30.3 Å². The summed E-state index contributed by atoms with van der Waals surface area (Å²) in [6.45, 7) is 2.42. The molecule has 1 aliphatic rings. The maximum Gasteiger partial charge on any atom is 0.240 e. The van der Waals surface area contributed by atoms with Crippen LogP contribution in [0.25, 0.3) is 0 Å². The van der Waals surface area contributed by atoms with E-state index in [-0.39, 0.29) is 30.6 Å². The Morgan fingerprint density at radius 1 is 1.41 bits per heavy atom. The molecule has 6 nitrogen and oxygen atoms in total. The lowest BCUT2D eigenvalue weighted by molar-refractivity contribution is -0.138. The highest BCUT2D eigenvalue weighted by atomic mass is 35.5. The number of piperazine rings is 1. The molecule has 0 radical (unpaired) electrons. The second kappa shape index (κ2) is 9.40. The molecule has 0 spiro atoms. The van der Waals surface area contributed by atoms with Gasteiger partial charge in [0.05, 0.1) is 19.1 Å². The minimum Gasteiger partial charge on any atom is -0.383 e. The van der Waals surface area contributed by atoms with Crippen LogP contribution in [0.3, 0.4) is 0 Å². The van der Waals surface area contributed by atoms with Gasteiger partial charge in [0.2, 0.25) is 11.8 Å². The number of methoxy groups -OCH3 is 1. The SMILES string of the molecule is COCCN1CCNC(CC(=O)Nc2ccccc2)C1=O.Cl. The summed E-state index contributed by atoms with van der Waals surface area (Å²) in [6.07, 6.45) is 0.136. The van der Waals surface area contributed by atoms with Gasteiger partial charge in [-0.1, -0.05) is 18.2 Å². The first-order valence-electron chi connectivity index (χ1n) is 7.06. The number of carbonyl (C=O) groups is 2. The standard InChI is InChI=1S/C15H21N3O3.ClH/c1-21-10-9-18-8-7-16-13(15(18)20)11-14(19)17-12-5-3-2-4-6-12;/h2-6,13,16H,7-11H2,1H3,(H,17,19);1H. The van der Waals surface area contributed by atoms with Crippen molar-refractivity contribution in [2.75, 3.05) is 38.7 Å². The van der Waals surface area contributed by atoms with Gasteiger partial charge in [0.15, 0.2) is 0 Å². The fraction of sp³-hybridized carbons (Fsp3) is 0.467. The number of amides is 2. The van der Waals surface area contributed by atoms with E-state index in [1.54, 1.807) is 12.0 Å². The lowest BCUT2D eigenvalue weighted by Gasteiger charge is -2.32. The summed E-state index contributed by atoms with van der Waals surface area (Å²) in [5.41, 5.74) is 0.738. The third kappa shape index (κ3) is 5.29. The normalized spacial score (nSPS) is 17.8. The molecule has 1 aromatic rings. The fourth-order valence-electron chi connectivity index (χ4n) is 2.29. The average molecular weight is 328 g/mol. The van der Waals surface area contributed by atoms with Crippen molar-refractivity contribution in [2.24, 2.45) is 0 Å². The lowest BCUT2D eigenvalue weighted by atomic mass is 10.1. The molecule has 1 fully saturated rings. The highest BCUT2D eigenvalue weighted by molar-refractivity contribution is 5.95. The molecule has 1 aliphatic heterocycles. The quantitative estimate of drug-likeness (QED) is 0.814. The van der Waals surface area contributed by atoms with E-state index >= 15 is 0 Å². The monoisotopic (exact) mass is 327 g/mol. The van der Waals surface area contributed by atoms with E-state index in [1.165, 1.54) is 0 Å². The van der Waals surface area contributed by atoms with E-state index in [0.717, 1.165) is 5.69 Å². The Morgan fingerprint density at radius 2 is 2.14 bits per heavy atom. The maximum atomic E-state index is 12.2. The number of anilines is 1. The molecule has 0 aliphatic carbocycles. The van der Waals surface area contributed by atoms with Gasteiger partial charge in [-0.05, 0) is 12.1 Å². The van der Waals surface area contributed by atoms with E-state index < -0.39 is 6.04 Å². The van der Waals surface area contributed by atoms with Crippen LogP contribution in [0.5, 0.6) is 0 Å². The van der Waals surface area contributed by atoms with E-state index in [1.807, 2.05) is 30.3 Å². The molecule has 2 N–H and O–H groups in total. The minimum absolute atomic E-state index is 0. The van der Waals surface area contributed by atoms with Crippen molar-refractivity contribution in [3.8, 4) is 0 Å². The Kier molecular flexibility index (Phi) is 7.87. The number of carbonyl (C=O) groups excluding carboxylic acids is 2. The summed E-state index contributed by atoms with van der Waals surface area (Å²) >= 11 is 0. The number of rotatable bonds is 6. The summed E-state index contributed by atoms with van der Waals surface area (Å²) in [4.78, 5) is 26.0. The molecule has 1 unspecified atom stereocenters. The van der Waals surface area contributed by atoms with Crippen LogP contribution in [0, 0.1) is 0 Å². The molecule has 2 amide bonds.